The summed E-state index contributed by atoms with van der Waals surface area (Å²) in [6.45, 7) is 1.30. The Hall–Kier alpha value is -3.80. The molecule has 1 unspecified atom stereocenters. The quantitative estimate of drug-likeness (QED) is 0.390. The minimum atomic E-state index is -0.255. The lowest BCUT2D eigenvalue weighted by Gasteiger charge is -2.31. The zero-order valence-electron chi connectivity index (χ0n) is 18.9. The lowest BCUT2D eigenvalue weighted by atomic mass is 9.97. The van der Waals surface area contributed by atoms with Crippen molar-refractivity contribution in [2.24, 2.45) is 0 Å². The van der Waals surface area contributed by atoms with Crippen LogP contribution in [0, 0.1) is 5.82 Å². The number of aromatic nitrogens is 2. The number of hydrogen-bond acceptors (Lipinski definition) is 4. The van der Waals surface area contributed by atoms with Crippen LogP contribution in [0.1, 0.15) is 57.6 Å². The predicted octanol–water partition coefficient (Wildman–Crippen LogP) is 5.41. The van der Waals surface area contributed by atoms with Gasteiger partial charge in [0.25, 0.3) is 5.91 Å². The van der Waals surface area contributed by atoms with Crippen molar-refractivity contribution in [1.82, 2.24) is 14.9 Å². The van der Waals surface area contributed by atoms with Crippen molar-refractivity contribution < 1.29 is 13.6 Å². The number of benzene rings is 2. The Kier molecular flexibility index (Phi) is 6.47. The molecule has 0 bridgehead atoms. The summed E-state index contributed by atoms with van der Waals surface area (Å²) in [5.41, 5.74) is 3.57. The van der Waals surface area contributed by atoms with Gasteiger partial charge in [0.05, 0.1) is 17.7 Å². The van der Waals surface area contributed by atoms with E-state index in [1.165, 1.54) is 17.7 Å². The molecule has 1 aliphatic heterocycles. The Bertz CT molecular complexity index is 1240. The standard InChI is InChI=1S/C28H26FN3O2/c29-24-11-8-21(9-12-24)15-25-13-10-22(17-30-25)28(33)32-14-4-7-23(19-32)27-31-18-26(34-27)16-20-5-2-1-3-6-20/h1-3,5-6,8-13,17-18,23H,4,7,14-16,19H2. The van der Waals surface area contributed by atoms with E-state index in [0.29, 0.717) is 37.4 Å². The molecule has 2 aromatic carbocycles. The Morgan fingerprint density at radius 2 is 1.74 bits per heavy atom. The third-order valence-electron chi connectivity index (χ3n) is 6.22. The van der Waals surface area contributed by atoms with Crippen LogP contribution in [0.15, 0.2) is 83.5 Å². The van der Waals surface area contributed by atoms with Crippen LogP contribution < -0.4 is 0 Å². The predicted molar refractivity (Wildman–Crippen MR) is 127 cm³/mol. The number of carbonyl (C=O) groups excluding carboxylic acids is 1. The lowest BCUT2D eigenvalue weighted by Crippen LogP contribution is -2.39. The van der Waals surface area contributed by atoms with Gasteiger partial charge in [-0.15, -0.1) is 0 Å². The molecule has 1 aliphatic rings. The molecule has 0 radical (unpaired) electrons. The SMILES string of the molecule is O=C(c1ccc(Cc2ccc(F)cc2)nc1)N1CCCC(c2ncc(Cc3ccccc3)o2)C1. The number of oxazole rings is 1. The molecule has 5 nitrogen and oxygen atoms in total. The van der Waals surface area contributed by atoms with Gasteiger partial charge in [0.1, 0.15) is 11.6 Å². The van der Waals surface area contributed by atoms with Crippen molar-refractivity contribution in [2.75, 3.05) is 13.1 Å². The van der Waals surface area contributed by atoms with E-state index in [9.17, 15) is 9.18 Å². The summed E-state index contributed by atoms with van der Waals surface area (Å²) < 4.78 is 19.2. The Labute approximate surface area is 198 Å². The number of rotatable bonds is 6. The zero-order chi connectivity index (χ0) is 23.3. The molecule has 4 aromatic rings. The normalized spacial score (nSPS) is 15.9. The highest BCUT2D eigenvalue weighted by atomic mass is 19.1. The molecule has 1 atom stereocenters. The third-order valence-corrected chi connectivity index (χ3v) is 6.22. The number of nitrogens with zero attached hydrogens (tertiary/aromatic N) is 3. The fourth-order valence-corrected chi connectivity index (χ4v) is 4.40. The fraction of sp³-hybridized carbons (Fsp3) is 0.250. The van der Waals surface area contributed by atoms with Gasteiger partial charge in [-0.2, -0.15) is 0 Å². The highest BCUT2D eigenvalue weighted by Crippen LogP contribution is 2.28. The van der Waals surface area contributed by atoms with Crippen molar-refractivity contribution >= 4 is 5.91 Å². The van der Waals surface area contributed by atoms with E-state index in [2.05, 4.69) is 22.1 Å². The molecule has 5 rings (SSSR count). The average molecular weight is 456 g/mol. The summed E-state index contributed by atoms with van der Waals surface area (Å²) in [6.07, 6.45) is 6.59. The molecular formula is C28H26FN3O2. The molecular weight excluding hydrogens is 429 g/mol. The van der Waals surface area contributed by atoms with Gasteiger partial charge >= 0.3 is 0 Å². The molecule has 172 valence electrons. The summed E-state index contributed by atoms with van der Waals surface area (Å²) in [5.74, 6) is 1.35. The third kappa shape index (κ3) is 5.22. The highest BCUT2D eigenvalue weighted by molar-refractivity contribution is 5.94. The number of halogens is 1. The summed E-state index contributed by atoms with van der Waals surface area (Å²) in [5, 5.41) is 0. The molecule has 6 heteroatoms. The number of amides is 1. The molecule has 0 N–H and O–H groups in total. The molecule has 1 fully saturated rings. The molecule has 1 saturated heterocycles. The Balaban J connectivity index is 1.21. The van der Waals surface area contributed by atoms with Crippen LogP contribution in [0.2, 0.25) is 0 Å². The molecule has 2 aromatic heterocycles. The maximum Gasteiger partial charge on any atom is 0.255 e. The van der Waals surface area contributed by atoms with Crippen LogP contribution in [0.25, 0.3) is 0 Å². The van der Waals surface area contributed by atoms with E-state index in [0.717, 1.165) is 29.9 Å². The number of likely N-dealkylation sites (tertiary alicyclic amines) is 1. The first-order valence-corrected chi connectivity index (χ1v) is 11.6. The first-order valence-electron chi connectivity index (χ1n) is 11.6. The number of pyridine rings is 1. The smallest absolute Gasteiger partial charge is 0.255 e. The number of hydrogen-bond donors (Lipinski definition) is 0. The summed E-state index contributed by atoms with van der Waals surface area (Å²) in [4.78, 5) is 24.0. The van der Waals surface area contributed by atoms with Gasteiger partial charge in [0.15, 0.2) is 5.89 Å². The maximum atomic E-state index is 13.1. The van der Waals surface area contributed by atoms with Gasteiger partial charge in [0, 0.05) is 37.8 Å². The monoisotopic (exact) mass is 455 g/mol. The van der Waals surface area contributed by atoms with Gasteiger partial charge < -0.3 is 9.32 Å². The lowest BCUT2D eigenvalue weighted by molar-refractivity contribution is 0.0697. The van der Waals surface area contributed by atoms with Gasteiger partial charge in [-0.25, -0.2) is 9.37 Å². The summed E-state index contributed by atoms with van der Waals surface area (Å²) in [7, 11) is 0. The maximum absolute atomic E-state index is 13.1. The van der Waals surface area contributed by atoms with E-state index >= 15 is 0 Å². The largest absolute Gasteiger partial charge is 0.445 e. The summed E-state index contributed by atoms with van der Waals surface area (Å²) >= 11 is 0. The van der Waals surface area contributed by atoms with E-state index in [1.807, 2.05) is 35.2 Å². The minimum Gasteiger partial charge on any atom is -0.445 e. The van der Waals surface area contributed by atoms with Gasteiger partial charge in [0.2, 0.25) is 0 Å². The molecule has 0 saturated carbocycles. The van der Waals surface area contributed by atoms with Crippen molar-refractivity contribution in [3.63, 3.8) is 0 Å². The fourth-order valence-electron chi connectivity index (χ4n) is 4.40. The molecule has 0 spiro atoms. The minimum absolute atomic E-state index is 0.0263. The Morgan fingerprint density at radius 3 is 2.50 bits per heavy atom. The topological polar surface area (TPSA) is 59.2 Å². The van der Waals surface area contributed by atoms with Crippen molar-refractivity contribution in [3.8, 4) is 0 Å². The van der Waals surface area contributed by atoms with E-state index in [-0.39, 0.29) is 17.6 Å². The first-order chi connectivity index (χ1) is 16.6. The second-order valence-corrected chi connectivity index (χ2v) is 8.76. The van der Waals surface area contributed by atoms with Crippen LogP contribution in [0.3, 0.4) is 0 Å². The van der Waals surface area contributed by atoms with E-state index < -0.39 is 0 Å². The van der Waals surface area contributed by atoms with Crippen LogP contribution in [0.4, 0.5) is 4.39 Å². The molecule has 34 heavy (non-hydrogen) atoms. The van der Waals surface area contributed by atoms with Gasteiger partial charge in [-0.3, -0.25) is 9.78 Å². The van der Waals surface area contributed by atoms with E-state index in [4.69, 9.17) is 4.42 Å². The number of carbonyl (C=O) groups is 1. The van der Waals surface area contributed by atoms with Crippen LogP contribution in [-0.2, 0) is 12.8 Å². The van der Waals surface area contributed by atoms with Crippen LogP contribution in [-0.4, -0.2) is 33.9 Å². The van der Waals surface area contributed by atoms with Crippen LogP contribution >= 0.6 is 0 Å². The van der Waals surface area contributed by atoms with E-state index in [1.54, 1.807) is 24.5 Å². The average Bonchev–Trinajstić information content (AvgIpc) is 3.35. The molecule has 1 amide bonds. The molecule has 3 heterocycles. The molecule has 0 aliphatic carbocycles. The second kappa shape index (κ2) is 10.00. The Morgan fingerprint density at radius 1 is 0.941 bits per heavy atom. The summed E-state index contributed by atoms with van der Waals surface area (Å²) in [6, 6.07) is 20.2. The second-order valence-electron chi connectivity index (χ2n) is 8.76. The van der Waals surface area contributed by atoms with Crippen LogP contribution in [0.5, 0.6) is 0 Å². The number of piperidine rings is 1. The highest BCUT2D eigenvalue weighted by Gasteiger charge is 2.28. The first kappa shape index (κ1) is 22.0. The van der Waals surface area contributed by atoms with Crippen molar-refractivity contribution in [2.45, 2.75) is 31.6 Å². The zero-order valence-corrected chi connectivity index (χ0v) is 18.9. The van der Waals surface area contributed by atoms with Crippen molar-refractivity contribution in [1.29, 1.82) is 0 Å². The van der Waals surface area contributed by atoms with Crippen molar-refractivity contribution in [3.05, 3.63) is 119 Å². The van der Waals surface area contributed by atoms with Gasteiger partial charge in [-0.05, 0) is 48.2 Å². The van der Waals surface area contributed by atoms with Gasteiger partial charge in [-0.1, -0.05) is 42.5 Å².